The Hall–Kier alpha value is -1.70. The fraction of sp³-hybridized carbons (Fsp3) is 0.412. The maximum Gasteiger partial charge on any atom is 0.350 e. The van der Waals surface area contributed by atoms with Crippen molar-refractivity contribution in [3.05, 3.63) is 33.9 Å². The highest BCUT2D eigenvalue weighted by molar-refractivity contribution is 7.21. The molecule has 0 spiro atoms. The van der Waals surface area contributed by atoms with E-state index in [1.165, 1.54) is 18.2 Å². The van der Waals surface area contributed by atoms with Crippen molar-refractivity contribution in [1.29, 1.82) is 0 Å². The molecule has 1 fully saturated rings. The van der Waals surface area contributed by atoms with E-state index in [9.17, 15) is 14.0 Å². The van der Waals surface area contributed by atoms with E-state index in [0.717, 1.165) is 11.3 Å². The fourth-order valence-electron chi connectivity index (χ4n) is 2.84. The molecule has 134 valence electrons. The first-order valence-electron chi connectivity index (χ1n) is 7.83. The summed E-state index contributed by atoms with van der Waals surface area (Å²) in [5, 5.41) is 0.799. The van der Waals surface area contributed by atoms with Crippen LogP contribution in [0.3, 0.4) is 0 Å². The van der Waals surface area contributed by atoms with Crippen LogP contribution in [-0.2, 0) is 14.3 Å². The molecule has 8 heteroatoms. The molecule has 1 aromatic heterocycles. The first kappa shape index (κ1) is 18.1. The summed E-state index contributed by atoms with van der Waals surface area (Å²) in [5.41, 5.74) is 0. The van der Waals surface area contributed by atoms with Crippen LogP contribution in [-0.4, -0.2) is 48.7 Å². The van der Waals surface area contributed by atoms with Crippen LogP contribution in [0.4, 0.5) is 4.39 Å². The Morgan fingerprint density at radius 1 is 1.36 bits per heavy atom. The lowest BCUT2D eigenvalue weighted by Gasteiger charge is -2.35. The van der Waals surface area contributed by atoms with Crippen molar-refractivity contribution in [2.75, 3.05) is 19.7 Å². The number of halogens is 2. The first-order valence-corrected chi connectivity index (χ1v) is 9.02. The van der Waals surface area contributed by atoms with Crippen LogP contribution in [0, 0.1) is 5.82 Å². The third-order valence-corrected chi connectivity index (χ3v) is 5.51. The molecule has 1 saturated heterocycles. The van der Waals surface area contributed by atoms with Gasteiger partial charge in [0.2, 0.25) is 0 Å². The zero-order valence-corrected chi connectivity index (χ0v) is 15.3. The molecule has 2 aromatic rings. The number of thiophene rings is 1. The van der Waals surface area contributed by atoms with E-state index in [1.54, 1.807) is 4.90 Å². The predicted octanol–water partition coefficient (Wildman–Crippen LogP) is 3.49. The van der Waals surface area contributed by atoms with Gasteiger partial charge in [-0.1, -0.05) is 11.6 Å². The van der Waals surface area contributed by atoms with Gasteiger partial charge >= 0.3 is 5.97 Å². The molecule has 1 amide bonds. The van der Waals surface area contributed by atoms with E-state index in [0.29, 0.717) is 23.2 Å². The van der Waals surface area contributed by atoms with E-state index in [2.05, 4.69) is 0 Å². The van der Waals surface area contributed by atoms with Gasteiger partial charge in [0.05, 0.1) is 17.2 Å². The Balaban J connectivity index is 1.66. The third kappa shape index (κ3) is 3.94. The number of hydrogen-bond acceptors (Lipinski definition) is 5. The van der Waals surface area contributed by atoms with Crippen molar-refractivity contribution in [3.8, 4) is 0 Å². The maximum absolute atomic E-state index is 13.3. The van der Waals surface area contributed by atoms with Crippen molar-refractivity contribution in [1.82, 2.24) is 4.90 Å². The number of hydrogen-bond donors (Lipinski definition) is 0. The summed E-state index contributed by atoms with van der Waals surface area (Å²) >= 11 is 7.22. The Bertz CT molecular complexity index is 814. The number of carbonyl (C=O) groups is 2. The van der Waals surface area contributed by atoms with Gasteiger partial charge in [-0.25, -0.2) is 9.18 Å². The Labute approximate surface area is 153 Å². The molecule has 25 heavy (non-hydrogen) atoms. The number of amides is 1. The number of fused-ring (bicyclic) bond motifs is 1. The normalized spacial score (nSPS) is 20.7. The minimum Gasteiger partial charge on any atom is -0.451 e. The van der Waals surface area contributed by atoms with Crippen LogP contribution < -0.4 is 0 Å². The fourth-order valence-corrected chi connectivity index (χ4v) is 4.26. The van der Waals surface area contributed by atoms with Gasteiger partial charge < -0.3 is 14.4 Å². The minimum absolute atomic E-state index is 0.0599. The Morgan fingerprint density at radius 3 is 2.72 bits per heavy atom. The van der Waals surface area contributed by atoms with Crippen LogP contribution in [0.15, 0.2) is 18.2 Å². The highest BCUT2D eigenvalue weighted by atomic mass is 35.5. The summed E-state index contributed by atoms with van der Waals surface area (Å²) in [6, 6.07) is 4.10. The van der Waals surface area contributed by atoms with E-state index in [-0.39, 0.29) is 34.6 Å². The minimum atomic E-state index is -0.686. The molecule has 1 aliphatic heterocycles. The average molecular weight is 386 g/mol. The average Bonchev–Trinajstić information content (AvgIpc) is 2.87. The van der Waals surface area contributed by atoms with Gasteiger partial charge in [0.15, 0.2) is 6.61 Å². The second-order valence-electron chi connectivity index (χ2n) is 6.02. The van der Waals surface area contributed by atoms with Gasteiger partial charge in [-0.05, 0) is 32.0 Å². The molecule has 1 aliphatic rings. The zero-order valence-electron chi connectivity index (χ0n) is 13.8. The molecule has 0 unspecified atom stereocenters. The standard InChI is InChI=1S/C17H17ClFNO4S/c1-9-6-20(7-10(2)24-9)14(21)8-23-17(22)16-15(18)12-4-3-11(19)5-13(12)25-16/h3-5,9-10H,6-8H2,1-2H3/t9-,10-/m1/s1. The lowest BCUT2D eigenvalue weighted by atomic mass is 10.2. The van der Waals surface area contributed by atoms with Gasteiger partial charge in [0, 0.05) is 23.2 Å². The second kappa shape index (κ2) is 7.27. The number of esters is 1. The molecule has 0 aliphatic carbocycles. The summed E-state index contributed by atoms with van der Waals surface area (Å²) in [4.78, 5) is 26.3. The summed E-state index contributed by atoms with van der Waals surface area (Å²) in [6.07, 6.45) is -0.120. The largest absolute Gasteiger partial charge is 0.451 e. The molecule has 5 nitrogen and oxygen atoms in total. The molecular weight excluding hydrogens is 369 g/mol. The molecule has 3 rings (SSSR count). The van der Waals surface area contributed by atoms with Crippen LogP contribution in [0.5, 0.6) is 0 Å². The highest BCUT2D eigenvalue weighted by Crippen LogP contribution is 2.36. The van der Waals surface area contributed by atoms with Crippen LogP contribution in [0.25, 0.3) is 10.1 Å². The third-order valence-electron chi connectivity index (χ3n) is 3.88. The van der Waals surface area contributed by atoms with Gasteiger partial charge in [0.1, 0.15) is 10.7 Å². The van der Waals surface area contributed by atoms with Gasteiger partial charge in [-0.2, -0.15) is 0 Å². The number of rotatable bonds is 3. The van der Waals surface area contributed by atoms with Crippen LogP contribution in [0.2, 0.25) is 5.02 Å². The molecular formula is C17H17ClFNO4S. The lowest BCUT2D eigenvalue weighted by Crippen LogP contribution is -2.49. The highest BCUT2D eigenvalue weighted by Gasteiger charge is 2.27. The smallest absolute Gasteiger partial charge is 0.350 e. The number of benzene rings is 1. The predicted molar refractivity (Wildman–Crippen MR) is 93.7 cm³/mol. The molecule has 0 saturated carbocycles. The maximum atomic E-state index is 13.3. The van der Waals surface area contributed by atoms with Gasteiger partial charge in [-0.3, -0.25) is 4.79 Å². The van der Waals surface area contributed by atoms with E-state index >= 15 is 0 Å². The monoisotopic (exact) mass is 385 g/mol. The second-order valence-corrected chi connectivity index (χ2v) is 7.45. The molecule has 0 bridgehead atoms. The van der Waals surface area contributed by atoms with E-state index < -0.39 is 11.8 Å². The quantitative estimate of drug-likeness (QED) is 0.759. The number of carbonyl (C=O) groups excluding carboxylic acids is 2. The van der Waals surface area contributed by atoms with E-state index in [1.807, 2.05) is 13.8 Å². The van der Waals surface area contributed by atoms with Crippen LogP contribution >= 0.6 is 22.9 Å². The van der Waals surface area contributed by atoms with E-state index in [4.69, 9.17) is 21.1 Å². The molecule has 1 aromatic carbocycles. The number of nitrogens with zero attached hydrogens (tertiary/aromatic N) is 1. The van der Waals surface area contributed by atoms with Crippen molar-refractivity contribution in [3.63, 3.8) is 0 Å². The Kier molecular flexibility index (Phi) is 5.27. The summed E-state index contributed by atoms with van der Waals surface area (Å²) in [5.74, 6) is -1.37. The Morgan fingerprint density at radius 2 is 2.04 bits per heavy atom. The van der Waals surface area contributed by atoms with Crippen molar-refractivity contribution < 1.29 is 23.5 Å². The summed E-state index contributed by atoms with van der Waals surface area (Å²) < 4.78 is 24.5. The number of morpholine rings is 1. The SMILES string of the molecule is C[C@@H]1CN(C(=O)COC(=O)c2sc3cc(F)ccc3c2Cl)C[C@@H](C)O1. The number of ether oxygens (including phenoxy) is 2. The topological polar surface area (TPSA) is 55.8 Å². The van der Waals surface area contributed by atoms with Crippen molar-refractivity contribution in [2.24, 2.45) is 0 Å². The summed E-state index contributed by atoms with van der Waals surface area (Å²) in [6.45, 7) is 4.33. The molecule has 0 radical (unpaired) electrons. The van der Waals surface area contributed by atoms with Gasteiger partial charge in [-0.15, -0.1) is 11.3 Å². The zero-order chi connectivity index (χ0) is 18.1. The van der Waals surface area contributed by atoms with Crippen LogP contribution in [0.1, 0.15) is 23.5 Å². The molecule has 0 N–H and O–H groups in total. The van der Waals surface area contributed by atoms with Gasteiger partial charge in [0.25, 0.3) is 5.91 Å². The summed E-state index contributed by atoms with van der Waals surface area (Å²) in [7, 11) is 0. The van der Waals surface area contributed by atoms with Crippen molar-refractivity contribution in [2.45, 2.75) is 26.1 Å². The molecule has 2 atom stereocenters. The lowest BCUT2D eigenvalue weighted by molar-refractivity contribution is -0.146. The first-order chi connectivity index (χ1) is 11.8. The molecule has 2 heterocycles. The van der Waals surface area contributed by atoms with Crippen molar-refractivity contribution >= 4 is 44.9 Å².